The number of rotatable bonds is 7. The molecule has 0 aliphatic heterocycles. The first-order chi connectivity index (χ1) is 14.2. The Hall–Kier alpha value is -2.91. The van der Waals surface area contributed by atoms with Crippen molar-refractivity contribution < 1.29 is 32.7 Å². The van der Waals surface area contributed by atoms with Crippen molar-refractivity contribution in [2.45, 2.75) is 58.4 Å². The minimum atomic E-state index is -1.94. The Labute approximate surface area is 171 Å². The lowest BCUT2D eigenvalue weighted by Crippen LogP contribution is -2.16. The molecule has 0 atom stereocenters. The number of nitrogens with zero attached hydrogens (tertiary/aromatic N) is 2. The molecule has 7 nitrogen and oxygen atoms in total. The fourth-order valence-corrected chi connectivity index (χ4v) is 3.18. The van der Waals surface area contributed by atoms with Crippen molar-refractivity contribution >= 4 is 23.6 Å². The number of carbonyl (C=O) groups is 1. The van der Waals surface area contributed by atoms with Gasteiger partial charge in [0.05, 0.1) is 11.5 Å². The molecule has 1 N–H and O–H groups in total. The Morgan fingerprint density at radius 2 is 1.87 bits per heavy atom. The summed E-state index contributed by atoms with van der Waals surface area (Å²) in [5, 5.41) is 21.9. The third-order valence-corrected chi connectivity index (χ3v) is 4.84. The van der Waals surface area contributed by atoms with Gasteiger partial charge in [-0.1, -0.05) is 26.2 Å². The van der Waals surface area contributed by atoms with Crippen LogP contribution in [0, 0.1) is 34.5 Å². The molecule has 1 fully saturated rings. The standard InChI is InChI=1S/C20H23F3N2O5/c1-3-9-30-20(27)13(10-24-12-7-5-4-6-8-12)19(26)14-15(21)11(2)16(22)17(23)18(14)25(28)29/h10,12,26H,3-9H2,1-2H3. The highest BCUT2D eigenvalue weighted by Gasteiger charge is 2.35. The van der Waals surface area contributed by atoms with Gasteiger partial charge in [0.1, 0.15) is 22.7 Å². The Morgan fingerprint density at radius 1 is 1.23 bits per heavy atom. The maximum atomic E-state index is 14.7. The van der Waals surface area contributed by atoms with Gasteiger partial charge in [-0.25, -0.2) is 13.6 Å². The number of esters is 1. The Balaban J connectivity index is 2.67. The number of ether oxygens (including phenoxy) is 1. The second kappa shape index (κ2) is 10.2. The van der Waals surface area contributed by atoms with E-state index in [1.807, 2.05) is 0 Å². The minimum Gasteiger partial charge on any atom is -0.506 e. The third-order valence-electron chi connectivity index (χ3n) is 4.84. The van der Waals surface area contributed by atoms with Gasteiger partial charge in [0.25, 0.3) is 0 Å². The molecule has 1 aliphatic carbocycles. The monoisotopic (exact) mass is 428 g/mol. The van der Waals surface area contributed by atoms with E-state index in [0.717, 1.165) is 45.2 Å². The molecule has 0 amide bonds. The minimum absolute atomic E-state index is 0.0335. The number of halogens is 3. The second-order valence-electron chi connectivity index (χ2n) is 7.02. The maximum absolute atomic E-state index is 14.7. The predicted octanol–water partition coefficient (Wildman–Crippen LogP) is 4.95. The summed E-state index contributed by atoms with van der Waals surface area (Å²) in [5.74, 6) is -7.58. The first kappa shape index (κ1) is 23.4. The molecule has 10 heteroatoms. The van der Waals surface area contributed by atoms with Crippen molar-refractivity contribution in [3.8, 4) is 0 Å². The van der Waals surface area contributed by atoms with Gasteiger partial charge in [-0.3, -0.25) is 15.1 Å². The van der Waals surface area contributed by atoms with Crippen LogP contribution in [-0.2, 0) is 9.53 Å². The van der Waals surface area contributed by atoms with E-state index in [0.29, 0.717) is 6.42 Å². The number of aliphatic hydroxyl groups excluding tert-OH is 1. The maximum Gasteiger partial charge on any atom is 0.343 e. The van der Waals surface area contributed by atoms with E-state index in [-0.39, 0.29) is 12.6 Å². The molecule has 0 saturated heterocycles. The van der Waals surface area contributed by atoms with Crippen LogP contribution in [0.1, 0.15) is 56.6 Å². The SMILES string of the molecule is CCCOC(=O)C(C=NC1CCCCC1)=C(O)c1c(F)c(C)c(F)c(F)c1[N+](=O)[O-]. The van der Waals surface area contributed by atoms with Crippen molar-refractivity contribution in [2.24, 2.45) is 4.99 Å². The molecule has 0 spiro atoms. The fraction of sp³-hybridized carbons (Fsp3) is 0.500. The molecular formula is C20H23F3N2O5. The molecule has 0 heterocycles. The van der Waals surface area contributed by atoms with E-state index in [9.17, 15) is 33.2 Å². The lowest BCUT2D eigenvalue weighted by molar-refractivity contribution is -0.388. The van der Waals surface area contributed by atoms with Crippen LogP contribution in [0.4, 0.5) is 18.9 Å². The highest BCUT2D eigenvalue weighted by Crippen LogP contribution is 2.35. The van der Waals surface area contributed by atoms with Crippen molar-refractivity contribution in [3.63, 3.8) is 0 Å². The van der Waals surface area contributed by atoms with Crippen LogP contribution in [0.5, 0.6) is 0 Å². The Morgan fingerprint density at radius 3 is 2.43 bits per heavy atom. The van der Waals surface area contributed by atoms with Crippen LogP contribution < -0.4 is 0 Å². The van der Waals surface area contributed by atoms with E-state index in [1.54, 1.807) is 6.92 Å². The predicted molar refractivity (Wildman–Crippen MR) is 104 cm³/mol. The molecule has 0 unspecified atom stereocenters. The van der Waals surface area contributed by atoms with Gasteiger partial charge >= 0.3 is 11.7 Å². The number of nitro groups is 1. The number of benzene rings is 1. The van der Waals surface area contributed by atoms with Gasteiger partial charge in [0, 0.05) is 17.8 Å². The number of aliphatic hydroxyl groups is 1. The van der Waals surface area contributed by atoms with E-state index in [2.05, 4.69) is 4.99 Å². The molecule has 0 aromatic heterocycles. The summed E-state index contributed by atoms with van der Waals surface area (Å²) in [5.41, 5.74) is -4.37. The summed E-state index contributed by atoms with van der Waals surface area (Å²) < 4.78 is 47.7. The number of carbonyl (C=O) groups excluding carboxylic acids is 1. The Bertz CT molecular complexity index is 893. The lowest BCUT2D eigenvalue weighted by atomic mass is 9.96. The zero-order valence-corrected chi connectivity index (χ0v) is 16.7. The van der Waals surface area contributed by atoms with Crippen molar-refractivity contribution in [1.29, 1.82) is 0 Å². The largest absolute Gasteiger partial charge is 0.506 e. The van der Waals surface area contributed by atoms with Gasteiger partial charge in [0.2, 0.25) is 5.82 Å². The summed E-state index contributed by atoms with van der Waals surface area (Å²) in [7, 11) is 0. The molecule has 30 heavy (non-hydrogen) atoms. The zero-order valence-electron chi connectivity index (χ0n) is 16.7. The first-order valence-electron chi connectivity index (χ1n) is 9.65. The van der Waals surface area contributed by atoms with E-state index in [1.165, 1.54) is 0 Å². The van der Waals surface area contributed by atoms with Crippen LogP contribution in [0.15, 0.2) is 10.6 Å². The van der Waals surface area contributed by atoms with Crippen LogP contribution in [-0.4, -0.2) is 34.9 Å². The van der Waals surface area contributed by atoms with Gasteiger partial charge in [-0.05, 0) is 26.2 Å². The molecule has 164 valence electrons. The average molecular weight is 428 g/mol. The average Bonchev–Trinajstić information content (AvgIpc) is 2.73. The topological polar surface area (TPSA) is 102 Å². The zero-order chi connectivity index (χ0) is 22.4. The quantitative estimate of drug-likeness (QED) is 0.126. The second-order valence-corrected chi connectivity index (χ2v) is 7.02. The molecule has 1 aromatic carbocycles. The summed E-state index contributed by atoms with van der Waals surface area (Å²) in [6.45, 7) is 2.55. The van der Waals surface area contributed by atoms with Crippen molar-refractivity contribution in [2.75, 3.05) is 6.61 Å². The summed E-state index contributed by atoms with van der Waals surface area (Å²) in [4.78, 5) is 26.6. The molecule has 0 bridgehead atoms. The van der Waals surface area contributed by atoms with Crippen molar-refractivity contribution in [3.05, 3.63) is 44.3 Å². The number of hydrogen-bond donors (Lipinski definition) is 1. The lowest BCUT2D eigenvalue weighted by Gasteiger charge is -2.17. The van der Waals surface area contributed by atoms with Gasteiger partial charge in [-0.2, -0.15) is 4.39 Å². The molecule has 0 radical (unpaired) electrons. The van der Waals surface area contributed by atoms with Crippen LogP contribution in [0.25, 0.3) is 5.76 Å². The molecule has 1 aliphatic rings. The fourth-order valence-electron chi connectivity index (χ4n) is 3.18. The Kier molecular flexibility index (Phi) is 7.96. The van der Waals surface area contributed by atoms with Crippen LogP contribution in [0.3, 0.4) is 0 Å². The molecule has 1 saturated carbocycles. The van der Waals surface area contributed by atoms with E-state index < -0.39 is 56.5 Å². The third kappa shape index (κ3) is 4.98. The summed E-state index contributed by atoms with van der Waals surface area (Å²) in [6.07, 6.45) is 5.79. The number of nitro benzene ring substituents is 1. The van der Waals surface area contributed by atoms with Crippen LogP contribution in [0.2, 0.25) is 0 Å². The highest BCUT2D eigenvalue weighted by molar-refractivity contribution is 6.15. The smallest absolute Gasteiger partial charge is 0.343 e. The van der Waals surface area contributed by atoms with E-state index in [4.69, 9.17) is 4.74 Å². The molecule has 2 rings (SSSR count). The van der Waals surface area contributed by atoms with Crippen LogP contribution >= 0.6 is 0 Å². The van der Waals surface area contributed by atoms with E-state index >= 15 is 0 Å². The number of aliphatic imine (C=N–C) groups is 1. The summed E-state index contributed by atoms with van der Waals surface area (Å²) in [6, 6.07) is -0.146. The van der Waals surface area contributed by atoms with Gasteiger partial charge in [-0.15, -0.1) is 0 Å². The van der Waals surface area contributed by atoms with Crippen molar-refractivity contribution in [1.82, 2.24) is 0 Å². The summed E-state index contributed by atoms with van der Waals surface area (Å²) >= 11 is 0. The molecule has 1 aromatic rings. The normalized spacial score (nSPS) is 15.9. The van der Waals surface area contributed by atoms with Gasteiger partial charge in [0.15, 0.2) is 5.82 Å². The highest BCUT2D eigenvalue weighted by atomic mass is 19.2. The van der Waals surface area contributed by atoms with Gasteiger partial charge < -0.3 is 9.84 Å². The first-order valence-corrected chi connectivity index (χ1v) is 9.65. The molecular weight excluding hydrogens is 405 g/mol. The number of hydrogen-bond acceptors (Lipinski definition) is 6.